The minimum Gasteiger partial charge on any atom is -0.0743 e. The molecule has 0 saturated heterocycles. The zero-order valence-electron chi connectivity index (χ0n) is 12.5. The summed E-state index contributed by atoms with van der Waals surface area (Å²) in [5.74, 6) is 0. The van der Waals surface area contributed by atoms with Crippen molar-refractivity contribution in [1.82, 2.24) is 0 Å². The summed E-state index contributed by atoms with van der Waals surface area (Å²) in [6.45, 7) is 16.0. The number of hydrogen-bond donors (Lipinski definition) is 0. The normalized spacial score (nSPS) is 13.8. The molecule has 0 aliphatic carbocycles. The van der Waals surface area contributed by atoms with Gasteiger partial charge in [-0.2, -0.15) is 0 Å². The maximum absolute atomic E-state index is 2.53. The SMILES string of the molecule is CC(C)(C)c1cc(C(C)(C)I)cc(C(C)(C)I)c1. The molecule has 0 saturated carbocycles. The molecule has 0 radical (unpaired) electrons. The van der Waals surface area contributed by atoms with Crippen LogP contribution in [0.1, 0.15) is 65.2 Å². The minimum absolute atomic E-state index is 0.176. The van der Waals surface area contributed by atoms with Crippen molar-refractivity contribution >= 4 is 45.2 Å². The summed E-state index contributed by atoms with van der Waals surface area (Å²) in [4.78, 5) is 0. The summed E-state index contributed by atoms with van der Waals surface area (Å²) >= 11 is 5.06. The van der Waals surface area contributed by atoms with Crippen LogP contribution in [0.15, 0.2) is 18.2 Å². The van der Waals surface area contributed by atoms with E-state index in [1.54, 1.807) is 0 Å². The maximum Gasteiger partial charge on any atom is 0.0414 e. The van der Waals surface area contributed by atoms with Crippen LogP contribution >= 0.6 is 45.2 Å². The van der Waals surface area contributed by atoms with Crippen molar-refractivity contribution < 1.29 is 0 Å². The molecule has 0 nitrogen and oxygen atoms in total. The summed E-state index contributed by atoms with van der Waals surface area (Å²) in [6, 6.07) is 7.12. The smallest absolute Gasteiger partial charge is 0.0414 e. The van der Waals surface area contributed by atoms with E-state index in [0.29, 0.717) is 0 Å². The van der Waals surface area contributed by atoms with E-state index in [1.807, 2.05) is 0 Å². The Labute approximate surface area is 140 Å². The molecule has 1 aromatic rings. The van der Waals surface area contributed by atoms with Crippen molar-refractivity contribution in [3.63, 3.8) is 0 Å². The fourth-order valence-corrected chi connectivity index (χ4v) is 2.37. The molecule has 0 atom stereocenters. The average molecular weight is 470 g/mol. The molecule has 0 unspecified atom stereocenters. The standard InChI is InChI=1S/C16H24I2/c1-14(2,3)11-8-12(15(4,5)17)10-13(9-11)16(6,7)18/h8-10H,1-7H3. The molecule has 0 heterocycles. The monoisotopic (exact) mass is 470 g/mol. The maximum atomic E-state index is 2.53. The quantitative estimate of drug-likeness (QED) is 0.351. The second kappa shape index (κ2) is 5.23. The Morgan fingerprint density at radius 1 is 0.611 bits per heavy atom. The van der Waals surface area contributed by atoms with Crippen LogP contribution in [0.5, 0.6) is 0 Å². The van der Waals surface area contributed by atoms with Crippen molar-refractivity contribution in [2.24, 2.45) is 0 Å². The molecular formula is C16H24I2. The summed E-state index contributed by atoms with van der Waals surface area (Å²) in [5, 5.41) is 0. The van der Waals surface area contributed by atoms with Gasteiger partial charge in [0.2, 0.25) is 0 Å². The molecular weight excluding hydrogens is 446 g/mol. The minimum atomic E-state index is 0.176. The van der Waals surface area contributed by atoms with E-state index < -0.39 is 0 Å². The lowest BCUT2D eigenvalue weighted by Gasteiger charge is -2.28. The van der Waals surface area contributed by atoms with E-state index in [-0.39, 0.29) is 12.3 Å². The van der Waals surface area contributed by atoms with Crippen LogP contribution < -0.4 is 0 Å². The molecule has 2 heteroatoms. The second-order valence-electron chi connectivity index (χ2n) is 6.99. The molecule has 0 amide bonds. The van der Waals surface area contributed by atoms with Gasteiger partial charge in [0.15, 0.2) is 0 Å². The number of halogens is 2. The van der Waals surface area contributed by atoms with Crippen LogP contribution in [0.4, 0.5) is 0 Å². The first kappa shape index (κ1) is 16.7. The van der Waals surface area contributed by atoms with E-state index in [0.717, 1.165) is 0 Å². The lowest BCUT2D eigenvalue weighted by atomic mass is 9.82. The van der Waals surface area contributed by atoms with Gasteiger partial charge < -0.3 is 0 Å². The number of hydrogen-bond acceptors (Lipinski definition) is 0. The highest BCUT2D eigenvalue weighted by Gasteiger charge is 2.25. The van der Waals surface area contributed by atoms with Gasteiger partial charge in [-0.05, 0) is 49.8 Å². The summed E-state index contributed by atoms with van der Waals surface area (Å²) in [6.07, 6.45) is 0. The van der Waals surface area contributed by atoms with E-state index in [4.69, 9.17) is 0 Å². The topological polar surface area (TPSA) is 0 Å². The predicted molar refractivity (Wildman–Crippen MR) is 99.2 cm³/mol. The van der Waals surface area contributed by atoms with Gasteiger partial charge in [0.25, 0.3) is 0 Å². The molecule has 0 aromatic heterocycles. The zero-order valence-corrected chi connectivity index (χ0v) is 16.8. The number of alkyl halides is 2. The third-order valence-corrected chi connectivity index (χ3v) is 4.42. The second-order valence-corrected chi connectivity index (χ2v) is 12.4. The molecule has 0 aliphatic rings. The molecule has 102 valence electrons. The van der Waals surface area contributed by atoms with Crippen molar-refractivity contribution in [3.8, 4) is 0 Å². The van der Waals surface area contributed by atoms with Crippen LogP contribution in [-0.4, -0.2) is 0 Å². The molecule has 0 spiro atoms. The van der Waals surface area contributed by atoms with Gasteiger partial charge in [0.05, 0.1) is 0 Å². The third-order valence-electron chi connectivity index (χ3n) is 3.17. The largest absolute Gasteiger partial charge is 0.0743 e. The Balaban J connectivity index is 3.49. The zero-order chi connectivity index (χ0) is 14.4. The van der Waals surface area contributed by atoms with E-state index in [9.17, 15) is 0 Å². The van der Waals surface area contributed by atoms with Gasteiger partial charge in [0, 0.05) is 6.84 Å². The van der Waals surface area contributed by atoms with Gasteiger partial charge in [-0.3, -0.25) is 0 Å². The molecule has 0 aliphatic heterocycles. The summed E-state index contributed by atoms with van der Waals surface area (Å²) in [5.41, 5.74) is 4.49. The number of benzene rings is 1. The highest BCUT2D eigenvalue weighted by molar-refractivity contribution is 14.1. The van der Waals surface area contributed by atoms with Crippen molar-refractivity contribution in [3.05, 3.63) is 34.9 Å². The van der Waals surface area contributed by atoms with E-state index in [2.05, 4.69) is 112 Å². The Bertz CT molecular complexity index is 347. The Kier molecular flexibility index (Phi) is 4.86. The van der Waals surface area contributed by atoms with Crippen LogP contribution in [0.2, 0.25) is 0 Å². The van der Waals surface area contributed by atoms with Crippen molar-refractivity contribution in [2.75, 3.05) is 0 Å². The first-order valence-electron chi connectivity index (χ1n) is 6.36. The van der Waals surface area contributed by atoms with Crippen LogP contribution in [0.3, 0.4) is 0 Å². The van der Waals surface area contributed by atoms with Crippen LogP contribution in [-0.2, 0) is 12.3 Å². The van der Waals surface area contributed by atoms with Gasteiger partial charge in [0.1, 0.15) is 0 Å². The van der Waals surface area contributed by atoms with Gasteiger partial charge in [-0.1, -0.05) is 84.2 Å². The summed E-state index contributed by atoms with van der Waals surface area (Å²) in [7, 11) is 0. The van der Waals surface area contributed by atoms with Crippen LogP contribution in [0, 0.1) is 0 Å². The fourth-order valence-electron chi connectivity index (χ4n) is 1.75. The molecule has 1 aromatic carbocycles. The Morgan fingerprint density at radius 2 is 0.889 bits per heavy atom. The highest BCUT2D eigenvalue weighted by Crippen LogP contribution is 2.39. The Morgan fingerprint density at radius 3 is 1.11 bits per heavy atom. The highest BCUT2D eigenvalue weighted by atomic mass is 127. The average Bonchev–Trinajstić information content (AvgIpc) is 2.13. The predicted octanol–water partition coefficient (Wildman–Crippen LogP) is 6.32. The molecule has 18 heavy (non-hydrogen) atoms. The van der Waals surface area contributed by atoms with Gasteiger partial charge in [-0.15, -0.1) is 0 Å². The Hall–Kier alpha value is 0.680. The van der Waals surface area contributed by atoms with E-state index in [1.165, 1.54) is 16.7 Å². The lowest BCUT2D eigenvalue weighted by molar-refractivity contribution is 0.585. The molecule has 0 fully saturated rings. The molecule has 0 bridgehead atoms. The molecule has 1 rings (SSSR count). The van der Waals surface area contributed by atoms with Crippen molar-refractivity contribution in [2.45, 2.75) is 60.7 Å². The van der Waals surface area contributed by atoms with E-state index >= 15 is 0 Å². The fraction of sp³-hybridized carbons (Fsp3) is 0.625. The molecule has 0 N–H and O–H groups in total. The van der Waals surface area contributed by atoms with Crippen molar-refractivity contribution in [1.29, 1.82) is 0 Å². The van der Waals surface area contributed by atoms with Gasteiger partial charge >= 0.3 is 0 Å². The summed E-state index contributed by atoms with van der Waals surface area (Å²) < 4.78 is 0.352. The third kappa shape index (κ3) is 4.36. The van der Waals surface area contributed by atoms with Gasteiger partial charge in [-0.25, -0.2) is 0 Å². The lowest BCUT2D eigenvalue weighted by Crippen LogP contribution is -2.18. The first-order chi connectivity index (χ1) is 7.82. The first-order valence-corrected chi connectivity index (χ1v) is 8.52. The van der Waals surface area contributed by atoms with Crippen LogP contribution in [0.25, 0.3) is 0 Å². The number of rotatable bonds is 2.